The van der Waals surface area contributed by atoms with E-state index in [1.54, 1.807) is 0 Å². The van der Waals surface area contributed by atoms with Crippen LogP contribution in [0, 0.1) is 6.92 Å². The third-order valence-electron chi connectivity index (χ3n) is 2.43. The van der Waals surface area contributed by atoms with Crippen LogP contribution in [0.3, 0.4) is 0 Å². The van der Waals surface area contributed by atoms with Crippen molar-refractivity contribution in [2.24, 2.45) is 0 Å². The van der Waals surface area contributed by atoms with Gasteiger partial charge < -0.3 is 9.47 Å². The van der Waals surface area contributed by atoms with Gasteiger partial charge in [0, 0.05) is 19.2 Å². The quantitative estimate of drug-likeness (QED) is 0.438. The highest BCUT2D eigenvalue weighted by molar-refractivity contribution is 9.10. The molecule has 0 saturated carbocycles. The fourth-order valence-electron chi connectivity index (χ4n) is 1.25. The van der Waals surface area contributed by atoms with Gasteiger partial charge in [-0.15, -0.1) is 0 Å². The minimum absolute atomic E-state index is 0.339. The molecule has 1 rings (SSSR count). The highest BCUT2D eigenvalue weighted by Gasteiger charge is 2.11. The van der Waals surface area contributed by atoms with Crippen molar-refractivity contribution in [1.29, 1.82) is 0 Å². The Kier molecular flexibility index (Phi) is 5.69. The summed E-state index contributed by atoms with van der Waals surface area (Å²) in [4.78, 5) is 0. The first-order valence-corrected chi connectivity index (χ1v) is 10.4. The number of rotatable bonds is 6. The van der Waals surface area contributed by atoms with Crippen LogP contribution in [0.2, 0.25) is 25.7 Å². The molecule has 0 aromatic heterocycles. The minimum Gasteiger partial charge on any atom is -0.468 e. The molecule has 4 heteroatoms. The lowest BCUT2D eigenvalue weighted by Gasteiger charge is -2.15. The monoisotopic (exact) mass is 316 g/mol. The summed E-state index contributed by atoms with van der Waals surface area (Å²) in [6.45, 7) is 10.2. The Morgan fingerprint density at radius 1 is 1.24 bits per heavy atom. The highest BCUT2D eigenvalue weighted by Crippen LogP contribution is 2.21. The second-order valence-corrected chi connectivity index (χ2v) is 11.9. The molecule has 0 radical (unpaired) electrons. The zero-order valence-corrected chi connectivity index (χ0v) is 13.6. The summed E-state index contributed by atoms with van der Waals surface area (Å²) in [5.41, 5.74) is 1.17. The molecule has 1 aromatic carbocycles. The molecule has 0 aliphatic carbocycles. The van der Waals surface area contributed by atoms with Crippen LogP contribution < -0.4 is 4.74 Å². The zero-order chi connectivity index (χ0) is 12.9. The Hall–Kier alpha value is -0.323. The normalized spacial score (nSPS) is 11.6. The van der Waals surface area contributed by atoms with Gasteiger partial charge >= 0.3 is 0 Å². The minimum atomic E-state index is -0.990. The van der Waals surface area contributed by atoms with Crippen LogP contribution in [0.4, 0.5) is 0 Å². The van der Waals surface area contributed by atoms with Gasteiger partial charge in [-0.2, -0.15) is 0 Å². The Morgan fingerprint density at radius 3 is 2.53 bits per heavy atom. The van der Waals surface area contributed by atoms with Gasteiger partial charge in [-0.1, -0.05) is 35.6 Å². The first-order chi connectivity index (χ1) is 7.88. The van der Waals surface area contributed by atoms with Gasteiger partial charge in [0.1, 0.15) is 5.75 Å². The summed E-state index contributed by atoms with van der Waals surface area (Å²) in [5, 5.41) is 0. The molecule has 0 fully saturated rings. The molecular weight excluding hydrogens is 296 g/mol. The summed E-state index contributed by atoms with van der Waals surface area (Å²) in [6, 6.07) is 7.12. The SMILES string of the molecule is Cc1cc(OCOCC[Si](C)(C)C)ccc1Br. The van der Waals surface area contributed by atoms with Gasteiger partial charge in [0.25, 0.3) is 0 Å². The molecule has 0 aliphatic heterocycles. The Bertz CT molecular complexity index is 361. The first kappa shape index (κ1) is 14.7. The van der Waals surface area contributed by atoms with Crippen LogP contribution >= 0.6 is 15.9 Å². The third kappa shape index (κ3) is 6.24. The van der Waals surface area contributed by atoms with Crippen LogP contribution in [0.1, 0.15) is 5.56 Å². The van der Waals surface area contributed by atoms with E-state index in [1.165, 1.54) is 11.6 Å². The van der Waals surface area contributed by atoms with Crippen LogP contribution in [0.5, 0.6) is 5.75 Å². The topological polar surface area (TPSA) is 18.5 Å². The molecule has 0 heterocycles. The average molecular weight is 317 g/mol. The molecule has 0 atom stereocenters. The molecule has 2 nitrogen and oxygen atoms in total. The molecule has 0 aliphatic rings. The van der Waals surface area contributed by atoms with Crippen LogP contribution in [-0.2, 0) is 4.74 Å². The summed E-state index contributed by atoms with van der Waals surface area (Å²) in [7, 11) is -0.990. The standard InChI is InChI=1S/C13H21BrO2Si/c1-11-9-12(5-6-13(11)14)16-10-15-7-8-17(2,3)4/h5-6,9H,7-8,10H2,1-4H3. The number of halogens is 1. The molecule has 0 amide bonds. The summed E-state index contributed by atoms with van der Waals surface area (Å²) < 4.78 is 12.1. The maximum atomic E-state index is 5.53. The highest BCUT2D eigenvalue weighted by atomic mass is 79.9. The van der Waals surface area contributed by atoms with Crippen LogP contribution in [0.15, 0.2) is 22.7 Å². The Labute approximate surface area is 113 Å². The Balaban J connectivity index is 2.25. The molecular formula is C13H21BrO2Si. The van der Waals surface area contributed by atoms with E-state index >= 15 is 0 Å². The van der Waals surface area contributed by atoms with Crippen molar-refractivity contribution in [3.63, 3.8) is 0 Å². The maximum absolute atomic E-state index is 5.53. The number of aryl methyl sites for hydroxylation is 1. The van der Waals surface area contributed by atoms with Crippen molar-refractivity contribution in [3.8, 4) is 5.75 Å². The lowest BCUT2D eigenvalue weighted by atomic mass is 10.2. The molecule has 17 heavy (non-hydrogen) atoms. The zero-order valence-electron chi connectivity index (χ0n) is 11.0. The van der Waals surface area contributed by atoms with Crippen molar-refractivity contribution >= 4 is 24.0 Å². The maximum Gasteiger partial charge on any atom is 0.189 e. The average Bonchev–Trinajstić information content (AvgIpc) is 2.21. The van der Waals surface area contributed by atoms with E-state index in [1.807, 2.05) is 25.1 Å². The van der Waals surface area contributed by atoms with Gasteiger partial charge in [0.2, 0.25) is 0 Å². The number of benzene rings is 1. The van der Waals surface area contributed by atoms with E-state index in [2.05, 4.69) is 35.6 Å². The van der Waals surface area contributed by atoms with E-state index < -0.39 is 8.07 Å². The third-order valence-corrected chi connectivity index (χ3v) is 5.03. The number of hydrogen-bond donors (Lipinski definition) is 0. The van der Waals surface area contributed by atoms with Gasteiger partial charge in [-0.3, -0.25) is 0 Å². The van der Waals surface area contributed by atoms with Gasteiger partial charge in [0.15, 0.2) is 6.79 Å². The van der Waals surface area contributed by atoms with Crippen molar-refractivity contribution < 1.29 is 9.47 Å². The molecule has 0 unspecified atom stereocenters. The van der Waals surface area contributed by atoms with Crippen molar-refractivity contribution in [2.45, 2.75) is 32.6 Å². The largest absolute Gasteiger partial charge is 0.468 e. The molecule has 0 bridgehead atoms. The van der Waals surface area contributed by atoms with Crippen LogP contribution in [-0.4, -0.2) is 21.5 Å². The van der Waals surface area contributed by atoms with Gasteiger partial charge in [-0.05, 0) is 36.7 Å². The van der Waals surface area contributed by atoms with E-state index in [0.29, 0.717) is 6.79 Å². The molecule has 96 valence electrons. The lowest BCUT2D eigenvalue weighted by Crippen LogP contribution is -2.22. The number of hydrogen-bond acceptors (Lipinski definition) is 2. The van der Waals surface area contributed by atoms with Gasteiger partial charge in [0.05, 0.1) is 0 Å². The molecule has 0 spiro atoms. The van der Waals surface area contributed by atoms with E-state index in [9.17, 15) is 0 Å². The molecule has 0 N–H and O–H groups in total. The Morgan fingerprint density at radius 2 is 1.94 bits per heavy atom. The van der Waals surface area contributed by atoms with E-state index in [4.69, 9.17) is 9.47 Å². The molecule has 0 saturated heterocycles. The second kappa shape index (κ2) is 6.57. The summed E-state index contributed by atoms with van der Waals surface area (Å²) in [5.74, 6) is 0.860. The summed E-state index contributed by atoms with van der Waals surface area (Å²) >= 11 is 3.46. The van der Waals surface area contributed by atoms with Crippen molar-refractivity contribution in [1.82, 2.24) is 0 Å². The predicted octanol–water partition coefficient (Wildman–Crippen LogP) is 4.45. The lowest BCUT2D eigenvalue weighted by molar-refractivity contribution is 0.0220. The predicted molar refractivity (Wildman–Crippen MR) is 78.5 cm³/mol. The van der Waals surface area contributed by atoms with E-state index in [0.717, 1.165) is 16.8 Å². The fraction of sp³-hybridized carbons (Fsp3) is 0.538. The molecule has 1 aromatic rings. The second-order valence-electron chi connectivity index (χ2n) is 5.39. The van der Waals surface area contributed by atoms with E-state index in [-0.39, 0.29) is 0 Å². The number of ether oxygens (including phenoxy) is 2. The first-order valence-electron chi connectivity index (χ1n) is 5.85. The van der Waals surface area contributed by atoms with Crippen LogP contribution in [0.25, 0.3) is 0 Å². The van der Waals surface area contributed by atoms with Crippen molar-refractivity contribution in [3.05, 3.63) is 28.2 Å². The fourth-order valence-corrected chi connectivity index (χ4v) is 2.26. The smallest absolute Gasteiger partial charge is 0.189 e. The van der Waals surface area contributed by atoms with Crippen molar-refractivity contribution in [2.75, 3.05) is 13.4 Å². The van der Waals surface area contributed by atoms with Gasteiger partial charge in [-0.25, -0.2) is 0 Å². The summed E-state index contributed by atoms with van der Waals surface area (Å²) in [6.07, 6.45) is 0.